The maximum absolute atomic E-state index is 13.9. The molecule has 35 heavy (non-hydrogen) atoms. The first-order chi connectivity index (χ1) is 16.3. The molecule has 4 aliphatic rings. The van der Waals surface area contributed by atoms with Crippen molar-refractivity contribution in [3.05, 3.63) is 23.3 Å². The van der Waals surface area contributed by atoms with Gasteiger partial charge in [0.25, 0.3) is 0 Å². The zero-order valence-corrected chi connectivity index (χ0v) is 22.0. The van der Waals surface area contributed by atoms with Crippen molar-refractivity contribution in [2.24, 2.45) is 46.3 Å². The molecule has 4 N–H and O–H groups in total. The molecule has 0 aromatic rings. The van der Waals surface area contributed by atoms with Crippen LogP contribution in [0.25, 0.3) is 0 Å². The predicted octanol–water partition coefficient (Wildman–Crippen LogP) is 4.13. The van der Waals surface area contributed by atoms with Gasteiger partial charge in [0.1, 0.15) is 6.10 Å². The average molecular weight is 489 g/mol. The second-order valence-electron chi connectivity index (χ2n) is 12.7. The SMILES string of the molecule is C=C(CC[C@@H](C)[C@H]1CC[C@H]2C3=C(C(=O)[C@H](O)[C@]12C)[C@@]1(C)CC[C@@H](O)[C@@H](C)C1C[C@@H]3O)C(C)C(=O)O. The molecule has 4 aliphatic carbocycles. The molecule has 196 valence electrons. The average Bonchev–Trinajstić information content (AvgIpc) is 3.16. The Morgan fingerprint density at radius 3 is 2.43 bits per heavy atom. The first kappa shape index (κ1) is 26.6. The second-order valence-corrected chi connectivity index (χ2v) is 12.7. The zero-order chi connectivity index (χ0) is 26.0. The molecule has 0 aromatic carbocycles. The third-order valence-corrected chi connectivity index (χ3v) is 11.1. The van der Waals surface area contributed by atoms with Crippen LogP contribution in [-0.2, 0) is 9.59 Å². The summed E-state index contributed by atoms with van der Waals surface area (Å²) >= 11 is 0. The summed E-state index contributed by atoms with van der Waals surface area (Å²) in [6.07, 6.45) is 2.67. The summed E-state index contributed by atoms with van der Waals surface area (Å²) in [5.74, 6) is -1.45. The number of hydrogen-bond donors (Lipinski definition) is 4. The number of carbonyl (C=O) groups excluding carboxylic acids is 1. The Bertz CT molecular complexity index is 937. The molecule has 0 saturated heterocycles. The molecule has 0 radical (unpaired) electrons. The lowest BCUT2D eigenvalue weighted by atomic mass is 9.47. The summed E-state index contributed by atoms with van der Waals surface area (Å²) < 4.78 is 0. The van der Waals surface area contributed by atoms with Gasteiger partial charge >= 0.3 is 5.97 Å². The number of aliphatic hydroxyl groups excluding tert-OH is 3. The van der Waals surface area contributed by atoms with Crippen molar-refractivity contribution >= 4 is 11.8 Å². The fourth-order valence-electron chi connectivity index (χ4n) is 8.66. The smallest absolute Gasteiger partial charge is 0.310 e. The van der Waals surface area contributed by atoms with Gasteiger partial charge in [-0.15, -0.1) is 0 Å². The summed E-state index contributed by atoms with van der Waals surface area (Å²) in [6, 6.07) is 0. The van der Waals surface area contributed by atoms with E-state index in [9.17, 15) is 30.0 Å². The molecule has 2 fully saturated rings. The highest BCUT2D eigenvalue weighted by Gasteiger charge is 2.64. The van der Waals surface area contributed by atoms with Crippen LogP contribution in [0.4, 0.5) is 0 Å². The molecular formula is C29H44O6. The lowest BCUT2D eigenvalue weighted by molar-refractivity contribution is -0.144. The molecule has 0 heterocycles. The van der Waals surface area contributed by atoms with E-state index >= 15 is 0 Å². The summed E-state index contributed by atoms with van der Waals surface area (Å²) in [5.41, 5.74) is 1.14. The van der Waals surface area contributed by atoms with Gasteiger partial charge in [-0.3, -0.25) is 9.59 Å². The van der Waals surface area contributed by atoms with E-state index in [2.05, 4.69) is 20.4 Å². The quantitative estimate of drug-likeness (QED) is 0.418. The standard InChI is InChI=1S/C29H44O6/c1-14(16(3)27(34)35)7-8-15(2)18-9-10-19-23-22(31)13-20-17(4)21(30)11-12-28(20,5)24(23)25(32)26(33)29(18,19)6/h15-22,26,30-31,33H,1,7-13H2,2-6H3,(H,34,35)/t15-,16?,17+,18-,19+,20?,21-,22+,26+,28+,29-/m1/s1. The molecule has 0 aliphatic heterocycles. The molecule has 2 saturated carbocycles. The van der Waals surface area contributed by atoms with Crippen LogP contribution in [0.2, 0.25) is 0 Å². The van der Waals surface area contributed by atoms with Crippen LogP contribution in [-0.4, -0.2) is 50.5 Å². The molecule has 0 bridgehead atoms. The van der Waals surface area contributed by atoms with Crippen LogP contribution in [0.3, 0.4) is 0 Å². The monoisotopic (exact) mass is 488 g/mol. The Hall–Kier alpha value is -1.50. The highest BCUT2D eigenvalue weighted by molar-refractivity contribution is 6.03. The highest BCUT2D eigenvalue weighted by atomic mass is 16.4. The minimum absolute atomic E-state index is 0.00616. The van der Waals surface area contributed by atoms with E-state index in [1.54, 1.807) is 6.92 Å². The van der Waals surface area contributed by atoms with Gasteiger partial charge in [0.15, 0.2) is 5.78 Å². The molecule has 4 rings (SSSR count). The number of fused-ring (bicyclic) bond motifs is 4. The fourth-order valence-corrected chi connectivity index (χ4v) is 8.66. The number of carboxylic acid groups (broad SMARTS) is 1. The van der Waals surface area contributed by atoms with E-state index in [0.717, 1.165) is 24.8 Å². The van der Waals surface area contributed by atoms with Gasteiger partial charge in [0.2, 0.25) is 0 Å². The van der Waals surface area contributed by atoms with Crippen LogP contribution >= 0.6 is 0 Å². The van der Waals surface area contributed by atoms with Crippen LogP contribution in [0.15, 0.2) is 23.3 Å². The van der Waals surface area contributed by atoms with Gasteiger partial charge in [-0.2, -0.15) is 0 Å². The van der Waals surface area contributed by atoms with Gasteiger partial charge < -0.3 is 20.4 Å². The van der Waals surface area contributed by atoms with Crippen molar-refractivity contribution in [3.8, 4) is 0 Å². The van der Waals surface area contributed by atoms with Gasteiger partial charge in [-0.25, -0.2) is 0 Å². The molecule has 6 heteroatoms. The van der Waals surface area contributed by atoms with Crippen molar-refractivity contribution in [1.82, 2.24) is 0 Å². The predicted molar refractivity (Wildman–Crippen MR) is 133 cm³/mol. The second kappa shape index (κ2) is 9.11. The Labute approximate surface area is 209 Å². The first-order valence-corrected chi connectivity index (χ1v) is 13.5. The third-order valence-electron chi connectivity index (χ3n) is 11.1. The number of carboxylic acids is 1. The Morgan fingerprint density at radius 2 is 1.80 bits per heavy atom. The van der Waals surface area contributed by atoms with E-state index in [-0.39, 0.29) is 35.4 Å². The summed E-state index contributed by atoms with van der Waals surface area (Å²) in [4.78, 5) is 25.3. The molecule has 0 amide bonds. The van der Waals surface area contributed by atoms with E-state index in [1.165, 1.54) is 0 Å². The molecular weight excluding hydrogens is 444 g/mol. The van der Waals surface area contributed by atoms with E-state index in [4.69, 9.17) is 0 Å². The highest BCUT2D eigenvalue weighted by Crippen LogP contribution is 2.65. The Balaban J connectivity index is 1.65. The summed E-state index contributed by atoms with van der Waals surface area (Å²) in [6.45, 7) is 13.9. The minimum Gasteiger partial charge on any atom is -0.481 e. The van der Waals surface area contributed by atoms with Gasteiger partial charge in [-0.1, -0.05) is 39.8 Å². The van der Waals surface area contributed by atoms with E-state index < -0.39 is 41.0 Å². The Kier molecular flexibility index (Phi) is 6.91. The maximum atomic E-state index is 13.9. The van der Waals surface area contributed by atoms with E-state index in [0.29, 0.717) is 36.8 Å². The summed E-state index contributed by atoms with van der Waals surface area (Å²) in [7, 11) is 0. The van der Waals surface area contributed by atoms with Gasteiger partial charge in [0.05, 0.1) is 18.1 Å². The summed E-state index contributed by atoms with van der Waals surface area (Å²) in [5, 5.41) is 42.8. The van der Waals surface area contributed by atoms with Crippen LogP contribution in [0.5, 0.6) is 0 Å². The largest absolute Gasteiger partial charge is 0.481 e. The van der Waals surface area contributed by atoms with Crippen LogP contribution in [0.1, 0.15) is 79.6 Å². The topological polar surface area (TPSA) is 115 Å². The fraction of sp³-hybridized carbons (Fsp3) is 0.793. The normalized spacial score (nSPS) is 44.8. The van der Waals surface area contributed by atoms with Crippen molar-refractivity contribution in [2.45, 2.75) is 97.9 Å². The number of ketones is 1. The number of aliphatic carboxylic acids is 1. The van der Waals surface area contributed by atoms with Crippen molar-refractivity contribution in [2.75, 3.05) is 0 Å². The Morgan fingerprint density at radius 1 is 1.14 bits per heavy atom. The minimum atomic E-state index is -1.12. The van der Waals surface area contributed by atoms with Crippen molar-refractivity contribution in [3.63, 3.8) is 0 Å². The molecule has 2 unspecified atom stereocenters. The van der Waals surface area contributed by atoms with Crippen molar-refractivity contribution in [1.29, 1.82) is 0 Å². The number of hydrogen-bond acceptors (Lipinski definition) is 5. The van der Waals surface area contributed by atoms with E-state index in [1.807, 2.05) is 13.8 Å². The number of aliphatic hydroxyl groups is 3. The number of rotatable bonds is 6. The van der Waals surface area contributed by atoms with Gasteiger partial charge in [-0.05, 0) is 92.4 Å². The third kappa shape index (κ3) is 3.86. The van der Waals surface area contributed by atoms with Crippen LogP contribution in [0, 0.1) is 46.3 Å². The van der Waals surface area contributed by atoms with Crippen molar-refractivity contribution < 1.29 is 30.0 Å². The first-order valence-electron chi connectivity index (χ1n) is 13.5. The molecule has 0 spiro atoms. The maximum Gasteiger partial charge on any atom is 0.310 e. The lowest BCUT2D eigenvalue weighted by Crippen LogP contribution is -2.59. The molecule has 6 nitrogen and oxygen atoms in total. The zero-order valence-electron chi connectivity index (χ0n) is 22.0. The van der Waals surface area contributed by atoms with Gasteiger partial charge in [0, 0.05) is 11.0 Å². The number of Topliss-reactive ketones (excluding diaryl/α,β-unsaturated/α-hetero) is 1. The van der Waals surface area contributed by atoms with Crippen LogP contribution < -0.4 is 0 Å². The number of carbonyl (C=O) groups is 2. The lowest BCUT2D eigenvalue weighted by Gasteiger charge is -2.58. The molecule has 0 aromatic heterocycles. The molecule has 11 atom stereocenters.